The smallest absolute Gasteiger partial charge is 0.340 e. The van der Waals surface area contributed by atoms with E-state index in [9.17, 15) is 9.59 Å². The van der Waals surface area contributed by atoms with Gasteiger partial charge in [-0.3, -0.25) is 0 Å². The minimum absolute atomic E-state index is 0.230. The van der Waals surface area contributed by atoms with Crippen LogP contribution in [-0.2, 0) is 19.1 Å². The van der Waals surface area contributed by atoms with Crippen molar-refractivity contribution in [2.24, 2.45) is 0 Å². The third kappa shape index (κ3) is 4.07. The predicted molar refractivity (Wildman–Crippen MR) is 90.8 cm³/mol. The molecule has 4 nitrogen and oxygen atoms in total. The fourth-order valence-electron chi connectivity index (χ4n) is 2.12. The standard InChI is InChI=1S/C18H18O4S/c1-3-21-17(19)15(13-9-6-5-7-10-13)16(18(20)22-4-2)14-11-8-12-23-14/h5-12H,3-4H2,1-2H3/b16-15-. The second kappa shape index (κ2) is 8.29. The van der Waals surface area contributed by atoms with Gasteiger partial charge in [0.1, 0.15) is 0 Å². The van der Waals surface area contributed by atoms with Crippen LogP contribution in [0.3, 0.4) is 0 Å². The van der Waals surface area contributed by atoms with E-state index in [-0.39, 0.29) is 24.4 Å². The van der Waals surface area contributed by atoms with Crippen LogP contribution in [0.1, 0.15) is 24.3 Å². The maximum Gasteiger partial charge on any atom is 0.340 e. The summed E-state index contributed by atoms with van der Waals surface area (Å²) in [6, 6.07) is 12.6. The lowest BCUT2D eigenvalue weighted by atomic mass is 9.98. The average molecular weight is 330 g/mol. The van der Waals surface area contributed by atoms with Crippen LogP contribution in [-0.4, -0.2) is 25.2 Å². The maximum absolute atomic E-state index is 12.5. The molecular weight excluding hydrogens is 312 g/mol. The highest BCUT2D eigenvalue weighted by Crippen LogP contribution is 2.31. The van der Waals surface area contributed by atoms with Crippen molar-refractivity contribution in [3.8, 4) is 0 Å². The summed E-state index contributed by atoms with van der Waals surface area (Å²) < 4.78 is 10.3. The Hall–Kier alpha value is -2.40. The molecule has 2 rings (SSSR count). The van der Waals surface area contributed by atoms with E-state index in [2.05, 4.69) is 0 Å². The van der Waals surface area contributed by atoms with E-state index in [1.165, 1.54) is 11.3 Å². The van der Waals surface area contributed by atoms with Gasteiger partial charge in [-0.2, -0.15) is 0 Å². The average Bonchev–Trinajstić information content (AvgIpc) is 3.07. The number of thiophene rings is 1. The number of hydrogen-bond acceptors (Lipinski definition) is 5. The van der Waals surface area contributed by atoms with E-state index in [0.29, 0.717) is 10.4 Å². The maximum atomic E-state index is 12.5. The summed E-state index contributed by atoms with van der Waals surface area (Å²) >= 11 is 1.38. The molecule has 0 saturated carbocycles. The zero-order chi connectivity index (χ0) is 16.7. The number of esters is 2. The molecule has 1 aromatic carbocycles. The van der Waals surface area contributed by atoms with Gasteiger partial charge in [-0.15, -0.1) is 11.3 Å². The van der Waals surface area contributed by atoms with E-state index in [0.717, 1.165) is 0 Å². The van der Waals surface area contributed by atoms with Crippen molar-refractivity contribution >= 4 is 34.4 Å². The molecule has 0 saturated heterocycles. The Morgan fingerprint density at radius 2 is 1.48 bits per heavy atom. The Labute approximate surface area is 139 Å². The molecule has 1 heterocycles. The second-order valence-electron chi connectivity index (χ2n) is 4.53. The first-order valence-corrected chi connectivity index (χ1v) is 8.24. The third-order valence-corrected chi connectivity index (χ3v) is 3.93. The normalized spacial score (nSPS) is 11.6. The molecule has 0 N–H and O–H groups in total. The van der Waals surface area contributed by atoms with E-state index >= 15 is 0 Å². The first-order valence-electron chi connectivity index (χ1n) is 7.36. The van der Waals surface area contributed by atoms with Gasteiger partial charge in [0.2, 0.25) is 0 Å². The third-order valence-electron chi connectivity index (χ3n) is 3.04. The topological polar surface area (TPSA) is 52.6 Å². The minimum Gasteiger partial charge on any atom is -0.462 e. The lowest BCUT2D eigenvalue weighted by molar-refractivity contribution is -0.138. The van der Waals surface area contributed by atoms with Gasteiger partial charge >= 0.3 is 11.9 Å². The zero-order valence-electron chi connectivity index (χ0n) is 13.1. The predicted octanol–water partition coefficient (Wildman–Crippen LogP) is 3.79. The Morgan fingerprint density at radius 1 is 0.870 bits per heavy atom. The molecule has 2 aromatic rings. The Kier molecular flexibility index (Phi) is 6.11. The summed E-state index contributed by atoms with van der Waals surface area (Å²) in [6.07, 6.45) is 0. The molecule has 0 amide bonds. The largest absolute Gasteiger partial charge is 0.462 e. The molecule has 0 radical (unpaired) electrons. The van der Waals surface area contributed by atoms with Crippen LogP contribution in [0.5, 0.6) is 0 Å². The molecule has 0 aliphatic heterocycles. The highest BCUT2D eigenvalue weighted by atomic mass is 32.1. The van der Waals surface area contributed by atoms with Gasteiger partial charge in [0.05, 0.1) is 24.4 Å². The fraction of sp³-hybridized carbons (Fsp3) is 0.222. The van der Waals surface area contributed by atoms with Crippen LogP contribution in [0.25, 0.3) is 11.1 Å². The van der Waals surface area contributed by atoms with Crippen molar-refractivity contribution in [3.63, 3.8) is 0 Å². The molecule has 120 valence electrons. The summed E-state index contributed by atoms with van der Waals surface area (Å²) in [4.78, 5) is 25.7. The Morgan fingerprint density at radius 3 is 2.00 bits per heavy atom. The van der Waals surface area contributed by atoms with E-state index in [1.54, 1.807) is 32.0 Å². The number of benzene rings is 1. The highest BCUT2D eigenvalue weighted by molar-refractivity contribution is 7.11. The number of carbonyl (C=O) groups excluding carboxylic acids is 2. The van der Waals surface area contributed by atoms with Gasteiger partial charge < -0.3 is 9.47 Å². The van der Waals surface area contributed by atoms with E-state index < -0.39 is 11.9 Å². The summed E-state index contributed by atoms with van der Waals surface area (Å²) in [6.45, 7) is 3.93. The molecule has 1 aromatic heterocycles. The number of ether oxygens (including phenoxy) is 2. The molecule has 0 atom stereocenters. The minimum atomic E-state index is -0.532. The summed E-state index contributed by atoms with van der Waals surface area (Å²) in [7, 11) is 0. The molecule has 0 aliphatic rings. The number of rotatable bonds is 6. The first kappa shape index (κ1) is 17.0. The van der Waals surface area contributed by atoms with Gasteiger partial charge in [0.15, 0.2) is 0 Å². The summed E-state index contributed by atoms with van der Waals surface area (Å²) in [5, 5.41) is 1.85. The molecule has 0 unspecified atom stereocenters. The van der Waals surface area contributed by atoms with E-state index in [1.807, 2.05) is 29.6 Å². The van der Waals surface area contributed by atoms with Crippen LogP contribution >= 0.6 is 11.3 Å². The number of carbonyl (C=O) groups is 2. The molecule has 0 spiro atoms. The van der Waals surface area contributed by atoms with Crippen molar-refractivity contribution in [1.29, 1.82) is 0 Å². The zero-order valence-corrected chi connectivity index (χ0v) is 13.9. The van der Waals surface area contributed by atoms with Gasteiger partial charge in [0.25, 0.3) is 0 Å². The first-order chi connectivity index (χ1) is 11.2. The van der Waals surface area contributed by atoms with Crippen LogP contribution in [0.2, 0.25) is 0 Å². The lowest BCUT2D eigenvalue weighted by Gasteiger charge is -2.13. The second-order valence-corrected chi connectivity index (χ2v) is 5.48. The van der Waals surface area contributed by atoms with Gasteiger partial charge in [-0.05, 0) is 30.9 Å². The number of hydrogen-bond donors (Lipinski definition) is 0. The van der Waals surface area contributed by atoms with Crippen molar-refractivity contribution < 1.29 is 19.1 Å². The van der Waals surface area contributed by atoms with Crippen LogP contribution in [0.4, 0.5) is 0 Å². The van der Waals surface area contributed by atoms with Crippen LogP contribution < -0.4 is 0 Å². The van der Waals surface area contributed by atoms with E-state index in [4.69, 9.17) is 9.47 Å². The van der Waals surface area contributed by atoms with Gasteiger partial charge in [-0.25, -0.2) is 9.59 Å². The molecular formula is C18H18O4S. The molecule has 0 aliphatic carbocycles. The highest BCUT2D eigenvalue weighted by Gasteiger charge is 2.26. The molecule has 0 fully saturated rings. The van der Waals surface area contributed by atoms with Crippen LogP contribution in [0.15, 0.2) is 47.8 Å². The lowest BCUT2D eigenvalue weighted by Crippen LogP contribution is -2.15. The monoisotopic (exact) mass is 330 g/mol. The van der Waals surface area contributed by atoms with Gasteiger partial charge in [-0.1, -0.05) is 36.4 Å². The summed E-state index contributed by atoms with van der Waals surface area (Å²) in [5.41, 5.74) is 1.10. The van der Waals surface area contributed by atoms with Gasteiger partial charge in [0, 0.05) is 4.88 Å². The van der Waals surface area contributed by atoms with Crippen molar-refractivity contribution in [3.05, 3.63) is 58.3 Å². The Bertz CT molecular complexity index is 687. The van der Waals surface area contributed by atoms with Crippen LogP contribution in [0, 0.1) is 0 Å². The Balaban J connectivity index is 2.68. The van der Waals surface area contributed by atoms with Crippen molar-refractivity contribution in [2.45, 2.75) is 13.8 Å². The molecule has 0 bridgehead atoms. The molecule has 23 heavy (non-hydrogen) atoms. The SMILES string of the molecule is CCOC(=O)/C(=C(\C(=O)OCC)c1cccs1)c1ccccc1. The quantitative estimate of drug-likeness (QED) is 0.597. The fourth-order valence-corrected chi connectivity index (χ4v) is 2.89. The molecule has 5 heteroatoms. The van der Waals surface area contributed by atoms with Crippen molar-refractivity contribution in [1.82, 2.24) is 0 Å². The van der Waals surface area contributed by atoms with Crippen molar-refractivity contribution in [2.75, 3.05) is 13.2 Å². The summed E-state index contributed by atoms with van der Waals surface area (Å²) in [5.74, 6) is -1.06.